The molecule has 10 heteroatoms. The van der Waals surface area contributed by atoms with Crippen molar-refractivity contribution in [3.63, 3.8) is 0 Å². The zero-order valence-corrected chi connectivity index (χ0v) is 17.7. The van der Waals surface area contributed by atoms with Crippen LogP contribution >= 0.6 is 15.9 Å². The van der Waals surface area contributed by atoms with E-state index >= 15 is 0 Å². The van der Waals surface area contributed by atoms with E-state index in [4.69, 9.17) is 0 Å². The lowest BCUT2D eigenvalue weighted by Crippen LogP contribution is -2.13. The van der Waals surface area contributed by atoms with Gasteiger partial charge < -0.3 is 15.7 Å². The summed E-state index contributed by atoms with van der Waals surface area (Å²) in [5, 5.41) is 16.3. The van der Waals surface area contributed by atoms with Crippen LogP contribution < -0.4 is 10.6 Å². The van der Waals surface area contributed by atoms with Crippen LogP contribution in [0.1, 0.15) is 15.9 Å². The minimum Gasteiger partial charge on any atom is -0.507 e. The molecule has 0 aliphatic carbocycles. The average molecular weight is 503 g/mol. The molecule has 0 aliphatic heterocycles. The molecular weight excluding hydrogens is 489 g/mol. The first-order valence-corrected chi connectivity index (χ1v) is 9.99. The van der Waals surface area contributed by atoms with Gasteiger partial charge in [-0.25, -0.2) is 9.97 Å². The minimum atomic E-state index is -4.62. The molecule has 4 rings (SSSR count). The Morgan fingerprint density at radius 2 is 1.78 bits per heavy atom. The first-order chi connectivity index (χ1) is 15.2. The Balaban J connectivity index is 1.62. The van der Waals surface area contributed by atoms with Gasteiger partial charge in [-0.15, -0.1) is 0 Å². The largest absolute Gasteiger partial charge is 0.507 e. The van der Waals surface area contributed by atoms with Crippen molar-refractivity contribution in [2.75, 3.05) is 10.6 Å². The Hall–Kier alpha value is -3.66. The number of nitrogens with zero attached hydrogens (tertiary/aromatic N) is 2. The minimum absolute atomic E-state index is 0.283. The van der Waals surface area contributed by atoms with Crippen LogP contribution in [0.15, 0.2) is 71.5 Å². The fourth-order valence-electron chi connectivity index (χ4n) is 3.04. The van der Waals surface area contributed by atoms with E-state index < -0.39 is 23.4 Å². The molecule has 32 heavy (non-hydrogen) atoms. The van der Waals surface area contributed by atoms with Crippen LogP contribution in [0.5, 0.6) is 5.75 Å². The van der Waals surface area contributed by atoms with Gasteiger partial charge in [-0.1, -0.05) is 22.0 Å². The second kappa shape index (κ2) is 8.46. The number of nitrogens with one attached hydrogen (secondary N) is 2. The maximum Gasteiger partial charge on any atom is 0.416 e. The van der Waals surface area contributed by atoms with Crippen LogP contribution in [0, 0.1) is 0 Å². The molecule has 0 saturated heterocycles. The average Bonchev–Trinajstić information content (AvgIpc) is 2.73. The molecule has 1 amide bonds. The Kier molecular flexibility index (Phi) is 5.70. The fourth-order valence-corrected chi connectivity index (χ4v) is 3.43. The summed E-state index contributed by atoms with van der Waals surface area (Å²) in [7, 11) is 0. The highest BCUT2D eigenvalue weighted by molar-refractivity contribution is 9.10. The highest BCUT2D eigenvalue weighted by Gasteiger charge is 2.31. The molecule has 3 aromatic carbocycles. The number of amides is 1. The third kappa shape index (κ3) is 4.65. The lowest BCUT2D eigenvalue weighted by molar-refractivity contribution is -0.137. The molecule has 162 valence electrons. The zero-order valence-electron chi connectivity index (χ0n) is 16.1. The maximum atomic E-state index is 12.8. The molecule has 0 radical (unpaired) electrons. The van der Waals surface area contributed by atoms with Crippen molar-refractivity contribution in [2.45, 2.75) is 6.18 Å². The summed E-state index contributed by atoms with van der Waals surface area (Å²) in [5.74, 6) is -1.02. The SMILES string of the molecule is O=C(Nc1ccc2ncnc(Nc3cccc(Br)c3)c2c1)c1ccc(C(F)(F)F)cc1O. The van der Waals surface area contributed by atoms with Crippen molar-refractivity contribution in [1.82, 2.24) is 9.97 Å². The van der Waals surface area contributed by atoms with Crippen LogP contribution in [-0.2, 0) is 6.18 Å². The van der Waals surface area contributed by atoms with Gasteiger partial charge >= 0.3 is 6.18 Å². The Bertz CT molecular complexity index is 1330. The summed E-state index contributed by atoms with van der Waals surface area (Å²) in [5.41, 5.74) is 0.429. The van der Waals surface area contributed by atoms with Crippen molar-refractivity contribution >= 4 is 49.9 Å². The number of halogens is 4. The third-order valence-electron chi connectivity index (χ3n) is 4.55. The van der Waals surface area contributed by atoms with E-state index in [-0.39, 0.29) is 5.56 Å². The van der Waals surface area contributed by atoms with Crippen LogP contribution in [0.2, 0.25) is 0 Å². The number of aromatic hydroxyl groups is 1. The second-order valence-electron chi connectivity index (χ2n) is 6.77. The van der Waals surface area contributed by atoms with E-state index in [9.17, 15) is 23.1 Å². The molecule has 0 fully saturated rings. The van der Waals surface area contributed by atoms with E-state index in [0.717, 1.165) is 22.3 Å². The van der Waals surface area contributed by atoms with Crippen LogP contribution in [0.3, 0.4) is 0 Å². The molecule has 0 bridgehead atoms. The Morgan fingerprint density at radius 3 is 2.50 bits per heavy atom. The molecule has 3 N–H and O–H groups in total. The number of hydrogen-bond acceptors (Lipinski definition) is 5. The number of carbonyl (C=O) groups excluding carboxylic acids is 1. The fraction of sp³-hybridized carbons (Fsp3) is 0.0455. The zero-order chi connectivity index (χ0) is 22.9. The number of phenols is 1. The number of anilines is 3. The quantitative estimate of drug-likeness (QED) is 0.313. The molecule has 1 aromatic heterocycles. The monoisotopic (exact) mass is 502 g/mol. The van der Waals surface area contributed by atoms with Crippen molar-refractivity contribution in [2.24, 2.45) is 0 Å². The number of hydrogen-bond donors (Lipinski definition) is 3. The summed E-state index contributed by atoms with van der Waals surface area (Å²) in [6.45, 7) is 0. The molecule has 0 spiro atoms. The number of aromatic nitrogens is 2. The topological polar surface area (TPSA) is 87.1 Å². The van der Waals surface area contributed by atoms with E-state index in [1.807, 2.05) is 24.3 Å². The predicted octanol–water partition coefficient (Wildman–Crippen LogP) is 6.11. The first kappa shape index (κ1) is 21.6. The molecule has 0 saturated carbocycles. The standard InChI is InChI=1S/C22H14BrF3N4O2/c23-13-2-1-3-14(9-13)29-20-17-10-15(5-7-18(17)27-11-28-20)30-21(32)16-6-4-12(8-19(16)31)22(24,25)26/h1-11,31H,(H,30,32)(H,27,28,29). The van der Waals surface area contributed by atoms with Crippen molar-refractivity contribution < 1.29 is 23.1 Å². The highest BCUT2D eigenvalue weighted by atomic mass is 79.9. The van der Waals surface area contributed by atoms with Gasteiger partial charge in [0.2, 0.25) is 0 Å². The van der Waals surface area contributed by atoms with Crippen LogP contribution in [0.25, 0.3) is 10.9 Å². The first-order valence-electron chi connectivity index (χ1n) is 9.19. The lowest BCUT2D eigenvalue weighted by atomic mass is 10.1. The van der Waals surface area contributed by atoms with Gasteiger partial charge in [0.1, 0.15) is 17.9 Å². The lowest BCUT2D eigenvalue weighted by Gasteiger charge is -2.12. The Morgan fingerprint density at radius 1 is 0.969 bits per heavy atom. The van der Waals surface area contributed by atoms with Crippen LogP contribution in [-0.4, -0.2) is 21.0 Å². The summed E-state index contributed by atoms with van der Waals surface area (Å²) >= 11 is 3.40. The highest BCUT2D eigenvalue weighted by Crippen LogP contribution is 2.33. The number of fused-ring (bicyclic) bond motifs is 1. The number of rotatable bonds is 4. The van der Waals surface area contributed by atoms with Gasteiger partial charge in [0, 0.05) is 21.2 Å². The number of alkyl halides is 3. The summed E-state index contributed by atoms with van der Waals surface area (Å²) in [6.07, 6.45) is -3.22. The molecule has 0 aliphatic rings. The predicted molar refractivity (Wildman–Crippen MR) is 118 cm³/mol. The third-order valence-corrected chi connectivity index (χ3v) is 5.04. The van der Waals surface area contributed by atoms with E-state index in [2.05, 4.69) is 36.5 Å². The normalized spacial score (nSPS) is 11.4. The van der Waals surface area contributed by atoms with Gasteiger partial charge in [0.15, 0.2) is 0 Å². The summed E-state index contributed by atoms with van der Waals surface area (Å²) < 4.78 is 39.2. The van der Waals surface area contributed by atoms with Gasteiger partial charge in [0.25, 0.3) is 5.91 Å². The van der Waals surface area contributed by atoms with E-state index in [1.165, 1.54) is 6.33 Å². The summed E-state index contributed by atoms with van der Waals surface area (Å²) in [6, 6.07) is 14.6. The molecule has 1 heterocycles. The van der Waals surface area contributed by atoms with E-state index in [1.54, 1.807) is 18.2 Å². The molecule has 6 nitrogen and oxygen atoms in total. The van der Waals surface area contributed by atoms with Gasteiger partial charge in [-0.3, -0.25) is 4.79 Å². The van der Waals surface area contributed by atoms with Gasteiger partial charge in [-0.05, 0) is 54.6 Å². The smallest absolute Gasteiger partial charge is 0.416 e. The van der Waals surface area contributed by atoms with Gasteiger partial charge in [0.05, 0.1) is 16.6 Å². The second-order valence-corrected chi connectivity index (χ2v) is 7.69. The molecule has 0 atom stereocenters. The van der Waals surface area contributed by atoms with Crippen LogP contribution in [0.4, 0.5) is 30.4 Å². The number of benzene rings is 3. The number of phenolic OH excluding ortho intramolecular Hbond substituents is 1. The summed E-state index contributed by atoms with van der Waals surface area (Å²) in [4.78, 5) is 21.0. The van der Waals surface area contributed by atoms with Gasteiger partial charge in [-0.2, -0.15) is 13.2 Å². The van der Waals surface area contributed by atoms with Crippen molar-refractivity contribution in [3.05, 3.63) is 82.6 Å². The Labute approximate surface area is 188 Å². The maximum absolute atomic E-state index is 12.8. The molecule has 4 aromatic rings. The number of carbonyl (C=O) groups is 1. The molecular formula is C22H14BrF3N4O2. The van der Waals surface area contributed by atoms with E-state index in [0.29, 0.717) is 28.5 Å². The molecule has 0 unspecified atom stereocenters. The van der Waals surface area contributed by atoms with Crippen molar-refractivity contribution in [1.29, 1.82) is 0 Å². The van der Waals surface area contributed by atoms with Crippen molar-refractivity contribution in [3.8, 4) is 5.75 Å².